The number of aromatic nitrogens is 6. The first-order valence-corrected chi connectivity index (χ1v) is 13.0. The standard InChI is InChI=1S/C27H30F3N7/c1-36-16-31-35-26(36)23(17-7-5-8-17)18-9-6-10-19(13-18)24-20-14-22(27(28,29)30)32-21(25(20)34-33-24)15-37-11-3-2-4-12-37/h6,9-10,13-14,16-17,23H,2-5,7-8,11-12,15H2,1H3,(H,33,34)/t23-/m1/s1. The van der Waals surface area contributed by atoms with E-state index in [1.54, 1.807) is 6.33 Å². The number of benzene rings is 1. The van der Waals surface area contributed by atoms with Crippen molar-refractivity contribution in [3.8, 4) is 11.3 Å². The van der Waals surface area contributed by atoms with Crippen LogP contribution in [0.5, 0.6) is 0 Å². The quantitative estimate of drug-likeness (QED) is 0.361. The highest BCUT2D eigenvalue weighted by molar-refractivity contribution is 5.94. The lowest BCUT2D eigenvalue weighted by Gasteiger charge is -2.33. The van der Waals surface area contributed by atoms with E-state index in [0.29, 0.717) is 34.8 Å². The van der Waals surface area contributed by atoms with Gasteiger partial charge < -0.3 is 4.57 Å². The topological polar surface area (TPSA) is 75.5 Å². The highest BCUT2D eigenvalue weighted by Crippen LogP contribution is 2.43. The Kier molecular flexibility index (Phi) is 6.22. The molecule has 2 fully saturated rings. The average Bonchev–Trinajstić information content (AvgIpc) is 3.48. The van der Waals surface area contributed by atoms with Gasteiger partial charge >= 0.3 is 6.18 Å². The molecule has 0 unspecified atom stereocenters. The third kappa shape index (κ3) is 4.63. The van der Waals surface area contributed by atoms with Crippen LogP contribution in [0.2, 0.25) is 0 Å². The van der Waals surface area contributed by atoms with Gasteiger partial charge in [-0.25, -0.2) is 4.98 Å². The Labute approximate surface area is 213 Å². The lowest BCUT2D eigenvalue weighted by atomic mass is 9.72. The summed E-state index contributed by atoms with van der Waals surface area (Å²) in [5.74, 6) is 1.45. The van der Waals surface area contributed by atoms with E-state index in [4.69, 9.17) is 0 Å². The molecular formula is C27H30F3N7. The van der Waals surface area contributed by atoms with Crippen molar-refractivity contribution in [1.29, 1.82) is 0 Å². The Morgan fingerprint density at radius 2 is 1.89 bits per heavy atom. The summed E-state index contributed by atoms with van der Waals surface area (Å²) < 4.78 is 43.6. The van der Waals surface area contributed by atoms with Crippen molar-refractivity contribution in [3.63, 3.8) is 0 Å². The zero-order valence-corrected chi connectivity index (χ0v) is 20.8. The molecule has 2 aliphatic rings. The summed E-state index contributed by atoms with van der Waals surface area (Å²) in [5.41, 5.74) is 2.45. The van der Waals surface area contributed by atoms with Crippen LogP contribution in [0, 0.1) is 5.92 Å². The van der Waals surface area contributed by atoms with Crippen molar-refractivity contribution in [3.05, 3.63) is 59.4 Å². The van der Waals surface area contributed by atoms with Gasteiger partial charge in [0.15, 0.2) is 0 Å². The molecule has 6 rings (SSSR count). The number of fused-ring (bicyclic) bond motifs is 1. The Bertz CT molecular complexity index is 1400. The third-order valence-corrected chi connectivity index (χ3v) is 7.91. The van der Waals surface area contributed by atoms with E-state index < -0.39 is 11.9 Å². The molecule has 4 heterocycles. The number of likely N-dealkylation sites (tertiary alicyclic amines) is 1. The van der Waals surface area contributed by atoms with E-state index in [0.717, 1.165) is 68.2 Å². The van der Waals surface area contributed by atoms with E-state index in [-0.39, 0.29) is 5.92 Å². The molecule has 1 atom stereocenters. The summed E-state index contributed by atoms with van der Waals surface area (Å²) in [4.78, 5) is 6.23. The maximum Gasteiger partial charge on any atom is 0.433 e. The van der Waals surface area contributed by atoms with E-state index >= 15 is 0 Å². The minimum Gasteiger partial charge on any atom is -0.320 e. The van der Waals surface area contributed by atoms with Gasteiger partial charge in [0.2, 0.25) is 0 Å². The van der Waals surface area contributed by atoms with E-state index in [2.05, 4.69) is 36.3 Å². The summed E-state index contributed by atoms with van der Waals surface area (Å²) in [7, 11) is 1.95. The lowest BCUT2D eigenvalue weighted by molar-refractivity contribution is -0.141. The Morgan fingerprint density at radius 1 is 1.08 bits per heavy atom. The normalized spacial score (nSPS) is 18.3. The molecule has 1 aromatic carbocycles. The number of alkyl halides is 3. The van der Waals surface area contributed by atoms with Crippen LogP contribution in [0.15, 0.2) is 36.7 Å². The van der Waals surface area contributed by atoms with Crippen LogP contribution in [0.1, 0.15) is 67.2 Å². The van der Waals surface area contributed by atoms with Gasteiger partial charge in [-0.3, -0.25) is 10.00 Å². The predicted octanol–water partition coefficient (Wildman–Crippen LogP) is 5.69. The molecular weight excluding hydrogens is 479 g/mol. The first-order chi connectivity index (χ1) is 17.9. The Hall–Kier alpha value is -3.27. The average molecular weight is 510 g/mol. The van der Waals surface area contributed by atoms with Crippen LogP contribution in [-0.4, -0.2) is 47.9 Å². The van der Waals surface area contributed by atoms with Gasteiger partial charge in [0.05, 0.1) is 11.2 Å². The van der Waals surface area contributed by atoms with E-state index in [1.807, 2.05) is 29.8 Å². The van der Waals surface area contributed by atoms with Crippen molar-refractivity contribution in [2.45, 2.75) is 57.2 Å². The molecule has 1 saturated carbocycles. The van der Waals surface area contributed by atoms with Gasteiger partial charge in [-0.05, 0) is 62.4 Å². The van der Waals surface area contributed by atoms with Gasteiger partial charge in [0, 0.05) is 30.5 Å². The molecule has 1 aliphatic carbocycles. The number of hydrogen-bond donors (Lipinski definition) is 1. The van der Waals surface area contributed by atoms with Crippen molar-refractivity contribution in [2.24, 2.45) is 13.0 Å². The second kappa shape index (κ2) is 9.55. The van der Waals surface area contributed by atoms with Gasteiger partial charge in [0.25, 0.3) is 0 Å². The van der Waals surface area contributed by atoms with Gasteiger partial charge in [-0.15, -0.1) is 10.2 Å². The largest absolute Gasteiger partial charge is 0.433 e. The van der Waals surface area contributed by atoms with Crippen molar-refractivity contribution in [1.82, 2.24) is 34.8 Å². The van der Waals surface area contributed by atoms with Crippen LogP contribution >= 0.6 is 0 Å². The number of aromatic amines is 1. The molecule has 7 nitrogen and oxygen atoms in total. The molecule has 10 heteroatoms. The van der Waals surface area contributed by atoms with E-state index in [1.165, 1.54) is 6.42 Å². The first-order valence-electron chi connectivity index (χ1n) is 13.0. The highest BCUT2D eigenvalue weighted by atomic mass is 19.4. The number of hydrogen-bond acceptors (Lipinski definition) is 5. The van der Waals surface area contributed by atoms with Crippen LogP contribution in [-0.2, 0) is 19.8 Å². The second-order valence-corrected chi connectivity index (χ2v) is 10.4. The van der Waals surface area contributed by atoms with Gasteiger partial charge in [-0.1, -0.05) is 31.0 Å². The number of nitrogens with zero attached hydrogens (tertiary/aromatic N) is 6. The summed E-state index contributed by atoms with van der Waals surface area (Å²) >= 11 is 0. The maximum atomic E-state index is 13.9. The lowest BCUT2D eigenvalue weighted by Crippen LogP contribution is -2.29. The fourth-order valence-electron chi connectivity index (χ4n) is 5.75. The van der Waals surface area contributed by atoms with Crippen LogP contribution in [0.25, 0.3) is 22.2 Å². The zero-order chi connectivity index (χ0) is 25.6. The molecule has 1 N–H and O–H groups in total. The second-order valence-electron chi connectivity index (χ2n) is 10.4. The van der Waals surface area contributed by atoms with Crippen molar-refractivity contribution in [2.75, 3.05) is 13.1 Å². The van der Waals surface area contributed by atoms with Crippen LogP contribution < -0.4 is 0 Å². The minimum absolute atomic E-state index is 0.0773. The van der Waals surface area contributed by atoms with Crippen LogP contribution in [0.4, 0.5) is 13.2 Å². The molecule has 0 amide bonds. The summed E-state index contributed by atoms with van der Waals surface area (Å²) in [5, 5.41) is 16.5. The maximum absolute atomic E-state index is 13.9. The number of aryl methyl sites for hydroxylation is 1. The minimum atomic E-state index is -4.54. The Morgan fingerprint density at radius 3 is 2.57 bits per heavy atom. The number of halogens is 3. The number of pyridine rings is 1. The SMILES string of the molecule is Cn1cnnc1[C@@H](c1cccc(-c2n[nH]c3c(CN4CCCCC4)nc(C(F)(F)F)cc23)c1)C1CCC1. The van der Waals surface area contributed by atoms with Crippen molar-refractivity contribution >= 4 is 10.9 Å². The number of rotatable bonds is 6. The first kappa shape index (κ1) is 24.1. The molecule has 4 aromatic rings. The van der Waals surface area contributed by atoms with Crippen molar-refractivity contribution < 1.29 is 13.2 Å². The molecule has 194 valence electrons. The molecule has 3 aromatic heterocycles. The monoisotopic (exact) mass is 509 g/mol. The summed E-state index contributed by atoms with van der Waals surface area (Å²) in [6.45, 7) is 2.11. The predicted molar refractivity (Wildman–Crippen MR) is 134 cm³/mol. The third-order valence-electron chi connectivity index (χ3n) is 7.91. The zero-order valence-electron chi connectivity index (χ0n) is 20.8. The highest BCUT2D eigenvalue weighted by Gasteiger charge is 2.35. The van der Waals surface area contributed by atoms with Crippen LogP contribution in [0.3, 0.4) is 0 Å². The molecule has 0 bridgehead atoms. The summed E-state index contributed by atoms with van der Waals surface area (Å²) in [6.07, 6.45) is 3.86. The number of nitrogens with one attached hydrogen (secondary N) is 1. The molecule has 1 saturated heterocycles. The number of H-pyrrole nitrogens is 1. The smallest absolute Gasteiger partial charge is 0.320 e. The number of piperidine rings is 1. The fraction of sp³-hybridized carbons (Fsp3) is 0.481. The fourth-order valence-corrected chi connectivity index (χ4v) is 5.75. The van der Waals surface area contributed by atoms with Gasteiger partial charge in [-0.2, -0.15) is 18.3 Å². The summed E-state index contributed by atoms with van der Waals surface area (Å²) in [6, 6.07) is 9.11. The molecule has 0 radical (unpaired) electrons. The van der Waals surface area contributed by atoms with Gasteiger partial charge in [0.1, 0.15) is 23.5 Å². The molecule has 37 heavy (non-hydrogen) atoms. The molecule has 1 aliphatic heterocycles. The molecule has 0 spiro atoms. The Balaban J connectivity index is 1.43. The van der Waals surface area contributed by atoms with E-state index in [9.17, 15) is 13.2 Å².